The molecule has 17 heavy (non-hydrogen) atoms. The van der Waals surface area contributed by atoms with E-state index < -0.39 is 0 Å². The van der Waals surface area contributed by atoms with Crippen molar-refractivity contribution in [1.29, 1.82) is 0 Å². The molecule has 1 heterocycles. The van der Waals surface area contributed by atoms with E-state index in [1.165, 1.54) is 18.9 Å². The van der Waals surface area contributed by atoms with Crippen LogP contribution in [-0.2, 0) is 11.2 Å². The molecule has 0 saturated carbocycles. The molecule has 1 aliphatic heterocycles. The highest BCUT2D eigenvalue weighted by Crippen LogP contribution is 2.11. The summed E-state index contributed by atoms with van der Waals surface area (Å²) in [5, 5.41) is 3.34. The Balaban J connectivity index is 1.64. The van der Waals surface area contributed by atoms with Crippen molar-refractivity contribution in [2.75, 3.05) is 19.7 Å². The minimum atomic E-state index is -0.108. The lowest BCUT2D eigenvalue weighted by Crippen LogP contribution is -2.32. The van der Waals surface area contributed by atoms with Gasteiger partial charge in [0.05, 0.1) is 6.10 Å². The zero-order chi connectivity index (χ0) is 11.9. The van der Waals surface area contributed by atoms with Gasteiger partial charge in [-0.05, 0) is 43.9 Å². The van der Waals surface area contributed by atoms with Crippen molar-refractivity contribution in [2.24, 2.45) is 0 Å². The molecule has 1 unspecified atom stereocenters. The van der Waals surface area contributed by atoms with E-state index in [9.17, 15) is 4.39 Å². The first kappa shape index (κ1) is 12.5. The Bertz CT molecular complexity index is 337. The van der Waals surface area contributed by atoms with E-state index in [-0.39, 0.29) is 5.82 Å². The highest BCUT2D eigenvalue weighted by Gasteiger charge is 2.12. The fourth-order valence-electron chi connectivity index (χ4n) is 2.16. The predicted octanol–water partition coefficient (Wildman–Crippen LogP) is 2.53. The fraction of sp³-hybridized carbons (Fsp3) is 0.571. The molecule has 1 aliphatic rings. The topological polar surface area (TPSA) is 21.3 Å². The number of ether oxygens (including phenoxy) is 1. The Morgan fingerprint density at radius 2 is 2.18 bits per heavy atom. The number of benzene rings is 1. The van der Waals surface area contributed by atoms with Crippen molar-refractivity contribution in [3.63, 3.8) is 0 Å². The second-order valence-corrected chi connectivity index (χ2v) is 4.53. The van der Waals surface area contributed by atoms with Crippen LogP contribution in [0.4, 0.5) is 4.39 Å². The van der Waals surface area contributed by atoms with Crippen LogP contribution in [0.5, 0.6) is 0 Å². The lowest BCUT2D eigenvalue weighted by atomic mass is 10.1. The van der Waals surface area contributed by atoms with Crippen molar-refractivity contribution in [3.8, 4) is 0 Å². The quantitative estimate of drug-likeness (QED) is 0.795. The van der Waals surface area contributed by atoms with Gasteiger partial charge in [0.15, 0.2) is 0 Å². The number of hydrogen-bond donors (Lipinski definition) is 1. The first-order valence-electron chi connectivity index (χ1n) is 6.42. The van der Waals surface area contributed by atoms with Crippen LogP contribution in [0.1, 0.15) is 24.8 Å². The monoisotopic (exact) mass is 237 g/mol. The Morgan fingerprint density at radius 1 is 1.29 bits per heavy atom. The largest absolute Gasteiger partial charge is 0.377 e. The van der Waals surface area contributed by atoms with E-state index in [2.05, 4.69) is 5.32 Å². The number of hydrogen-bond acceptors (Lipinski definition) is 2. The van der Waals surface area contributed by atoms with Crippen molar-refractivity contribution < 1.29 is 9.13 Å². The molecule has 0 spiro atoms. The zero-order valence-electron chi connectivity index (χ0n) is 10.1. The first-order chi connectivity index (χ1) is 8.36. The predicted molar refractivity (Wildman–Crippen MR) is 66.6 cm³/mol. The molecular weight excluding hydrogens is 217 g/mol. The first-order valence-corrected chi connectivity index (χ1v) is 6.42. The number of rotatable bonds is 5. The summed E-state index contributed by atoms with van der Waals surface area (Å²) in [7, 11) is 0. The third-order valence-electron chi connectivity index (χ3n) is 3.17. The lowest BCUT2D eigenvalue weighted by Gasteiger charge is -2.22. The molecule has 0 radical (unpaired) electrons. The van der Waals surface area contributed by atoms with Gasteiger partial charge in [-0.2, -0.15) is 0 Å². The average molecular weight is 237 g/mol. The van der Waals surface area contributed by atoms with E-state index in [0.717, 1.165) is 38.1 Å². The molecule has 0 aliphatic carbocycles. The van der Waals surface area contributed by atoms with Crippen LogP contribution < -0.4 is 5.32 Å². The van der Waals surface area contributed by atoms with E-state index in [1.54, 1.807) is 6.07 Å². The standard InChI is InChI=1S/C14H20FNO/c15-14-7-2-1-5-12(14)8-9-16-11-13-6-3-4-10-17-13/h1-2,5,7,13,16H,3-4,6,8-11H2. The summed E-state index contributed by atoms with van der Waals surface area (Å²) >= 11 is 0. The molecule has 0 amide bonds. The van der Waals surface area contributed by atoms with Gasteiger partial charge >= 0.3 is 0 Å². The second kappa shape index (κ2) is 6.72. The molecule has 1 aromatic rings. The summed E-state index contributed by atoms with van der Waals surface area (Å²) in [6.45, 7) is 2.58. The molecule has 1 N–H and O–H groups in total. The molecule has 1 atom stereocenters. The van der Waals surface area contributed by atoms with Gasteiger partial charge in [0.2, 0.25) is 0 Å². The molecule has 1 saturated heterocycles. The molecule has 2 nitrogen and oxygen atoms in total. The number of nitrogens with one attached hydrogen (secondary N) is 1. The summed E-state index contributed by atoms with van der Waals surface area (Å²) in [4.78, 5) is 0. The van der Waals surface area contributed by atoms with Gasteiger partial charge in [-0.25, -0.2) is 4.39 Å². The Morgan fingerprint density at radius 3 is 2.94 bits per heavy atom. The van der Waals surface area contributed by atoms with Gasteiger partial charge in [0.1, 0.15) is 5.82 Å². The van der Waals surface area contributed by atoms with Gasteiger partial charge < -0.3 is 10.1 Å². The average Bonchev–Trinajstić information content (AvgIpc) is 2.38. The molecule has 94 valence electrons. The highest BCUT2D eigenvalue weighted by molar-refractivity contribution is 5.17. The molecule has 0 aromatic heterocycles. The Labute approximate surface area is 102 Å². The summed E-state index contributed by atoms with van der Waals surface area (Å²) in [5.41, 5.74) is 0.782. The zero-order valence-corrected chi connectivity index (χ0v) is 10.1. The lowest BCUT2D eigenvalue weighted by molar-refractivity contribution is 0.0171. The van der Waals surface area contributed by atoms with Crippen LogP contribution >= 0.6 is 0 Å². The molecule has 1 fully saturated rings. The van der Waals surface area contributed by atoms with Crippen molar-refractivity contribution in [3.05, 3.63) is 35.6 Å². The maximum absolute atomic E-state index is 13.3. The molecule has 3 heteroatoms. The van der Waals surface area contributed by atoms with E-state index in [4.69, 9.17) is 4.74 Å². The van der Waals surface area contributed by atoms with Crippen molar-refractivity contribution >= 4 is 0 Å². The Hall–Kier alpha value is -0.930. The highest BCUT2D eigenvalue weighted by atomic mass is 19.1. The van der Waals surface area contributed by atoms with Gasteiger partial charge in [0.25, 0.3) is 0 Å². The number of halogens is 1. The summed E-state index contributed by atoms with van der Waals surface area (Å²) < 4.78 is 18.9. The minimum absolute atomic E-state index is 0.108. The smallest absolute Gasteiger partial charge is 0.126 e. The maximum Gasteiger partial charge on any atom is 0.126 e. The molecule has 2 rings (SSSR count). The third kappa shape index (κ3) is 4.10. The van der Waals surface area contributed by atoms with Crippen molar-refractivity contribution in [2.45, 2.75) is 31.8 Å². The SMILES string of the molecule is Fc1ccccc1CCNCC1CCCCO1. The van der Waals surface area contributed by atoms with E-state index >= 15 is 0 Å². The summed E-state index contributed by atoms with van der Waals surface area (Å²) in [5.74, 6) is -0.108. The van der Waals surface area contributed by atoms with Crippen LogP contribution in [0.2, 0.25) is 0 Å². The maximum atomic E-state index is 13.3. The van der Waals surface area contributed by atoms with Crippen LogP contribution in [0, 0.1) is 5.82 Å². The van der Waals surface area contributed by atoms with Gasteiger partial charge in [0, 0.05) is 13.2 Å². The van der Waals surface area contributed by atoms with Crippen LogP contribution in [0.25, 0.3) is 0 Å². The van der Waals surface area contributed by atoms with E-state index in [0.29, 0.717) is 6.10 Å². The Kier molecular flexibility index (Phi) is 4.95. The van der Waals surface area contributed by atoms with Gasteiger partial charge in [-0.1, -0.05) is 18.2 Å². The van der Waals surface area contributed by atoms with Crippen LogP contribution in [-0.4, -0.2) is 25.8 Å². The summed E-state index contributed by atoms with van der Waals surface area (Å²) in [6, 6.07) is 6.96. The second-order valence-electron chi connectivity index (χ2n) is 4.53. The van der Waals surface area contributed by atoms with Crippen LogP contribution in [0.3, 0.4) is 0 Å². The molecule has 1 aromatic carbocycles. The fourth-order valence-corrected chi connectivity index (χ4v) is 2.16. The molecule has 0 bridgehead atoms. The summed E-state index contributed by atoms with van der Waals surface area (Å²) in [6.07, 6.45) is 4.68. The molecular formula is C14H20FNO. The normalized spacial score (nSPS) is 20.4. The minimum Gasteiger partial charge on any atom is -0.377 e. The van der Waals surface area contributed by atoms with Crippen molar-refractivity contribution in [1.82, 2.24) is 5.32 Å². The van der Waals surface area contributed by atoms with Gasteiger partial charge in [-0.15, -0.1) is 0 Å². The van der Waals surface area contributed by atoms with Gasteiger partial charge in [-0.3, -0.25) is 0 Å². The third-order valence-corrected chi connectivity index (χ3v) is 3.17. The van der Waals surface area contributed by atoms with Crippen LogP contribution in [0.15, 0.2) is 24.3 Å². The van der Waals surface area contributed by atoms with E-state index in [1.807, 2.05) is 12.1 Å².